The maximum Gasteiger partial charge on any atom is 0.123 e. The molecule has 2 rings (SSSR count). The lowest BCUT2D eigenvalue weighted by Crippen LogP contribution is -2.33. The van der Waals surface area contributed by atoms with Gasteiger partial charge in [0.25, 0.3) is 0 Å². The number of rotatable bonds is 2. The number of β-amino-alcohol motifs (C(OH)–C–C–N with tert-alkyl or cyclic N) is 1. The van der Waals surface area contributed by atoms with Gasteiger partial charge in [-0.2, -0.15) is 0 Å². The molecule has 1 aliphatic rings. The standard InChI is InChI=1S/C11H14FNO/c12-10-3-1-2-9(6-10)7-11(14)4-5-13-8-11/h1-3,6,13-14H,4-5,7-8H2/t11-/m1/s1. The highest BCUT2D eigenvalue weighted by Gasteiger charge is 2.30. The summed E-state index contributed by atoms with van der Waals surface area (Å²) in [5.41, 5.74) is 0.171. The van der Waals surface area contributed by atoms with Crippen LogP contribution in [0, 0.1) is 5.82 Å². The molecule has 0 aliphatic carbocycles. The topological polar surface area (TPSA) is 32.3 Å². The molecule has 1 aromatic rings. The molecule has 1 fully saturated rings. The van der Waals surface area contributed by atoms with E-state index in [2.05, 4.69) is 5.32 Å². The number of hydrogen-bond donors (Lipinski definition) is 2. The van der Waals surface area contributed by atoms with Crippen LogP contribution in [0.2, 0.25) is 0 Å². The molecule has 3 heteroatoms. The van der Waals surface area contributed by atoms with Gasteiger partial charge >= 0.3 is 0 Å². The summed E-state index contributed by atoms with van der Waals surface area (Å²) in [7, 11) is 0. The van der Waals surface area contributed by atoms with Gasteiger partial charge in [-0.15, -0.1) is 0 Å². The van der Waals surface area contributed by atoms with E-state index in [9.17, 15) is 9.50 Å². The molecule has 1 aliphatic heterocycles. The summed E-state index contributed by atoms with van der Waals surface area (Å²) in [6.07, 6.45) is 1.27. The third-order valence-electron chi connectivity index (χ3n) is 2.64. The van der Waals surface area contributed by atoms with Crippen LogP contribution in [0.15, 0.2) is 24.3 Å². The SMILES string of the molecule is O[C@@]1(Cc2cccc(F)c2)CCNC1. The Kier molecular flexibility index (Phi) is 2.52. The zero-order valence-electron chi connectivity index (χ0n) is 7.96. The fourth-order valence-electron chi connectivity index (χ4n) is 1.91. The van der Waals surface area contributed by atoms with Gasteiger partial charge < -0.3 is 10.4 Å². The van der Waals surface area contributed by atoms with Gasteiger partial charge in [0.1, 0.15) is 5.82 Å². The molecular formula is C11H14FNO. The average molecular weight is 195 g/mol. The zero-order chi connectivity index (χ0) is 10.0. The fraction of sp³-hybridized carbons (Fsp3) is 0.455. The number of aliphatic hydroxyl groups is 1. The largest absolute Gasteiger partial charge is 0.388 e. The molecular weight excluding hydrogens is 181 g/mol. The molecule has 2 nitrogen and oxygen atoms in total. The molecule has 1 atom stereocenters. The molecule has 0 unspecified atom stereocenters. The van der Waals surface area contributed by atoms with Crippen molar-refractivity contribution in [2.24, 2.45) is 0 Å². The molecule has 1 heterocycles. The predicted molar refractivity (Wildman–Crippen MR) is 52.5 cm³/mol. The lowest BCUT2D eigenvalue weighted by atomic mass is 9.94. The van der Waals surface area contributed by atoms with Crippen LogP contribution in [-0.2, 0) is 6.42 Å². The minimum atomic E-state index is -0.687. The average Bonchev–Trinajstić information content (AvgIpc) is 2.51. The second-order valence-electron chi connectivity index (χ2n) is 3.96. The maximum atomic E-state index is 12.9. The van der Waals surface area contributed by atoms with E-state index in [1.165, 1.54) is 12.1 Å². The van der Waals surface area contributed by atoms with Crippen molar-refractivity contribution < 1.29 is 9.50 Å². The van der Waals surface area contributed by atoms with Crippen LogP contribution < -0.4 is 5.32 Å². The first-order valence-electron chi connectivity index (χ1n) is 4.86. The van der Waals surface area contributed by atoms with Crippen molar-refractivity contribution in [3.63, 3.8) is 0 Å². The lowest BCUT2D eigenvalue weighted by molar-refractivity contribution is 0.0618. The van der Waals surface area contributed by atoms with Gasteiger partial charge in [0.05, 0.1) is 5.60 Å². The van der Waals surface area contributed by atoms with Gasteiger partial charge in [0.2, 0.25) is 0 Å². The molecule has 0 bridgehead atoms. The smallest absolute Gasteiger partial charge is 0.123 e. The van der Waals surface area contributed by atoms with E-state index in [-0.39, 0.29) is 5.82 Å². The van der Waals surface area contributed by atoms with E-state index in [1.807, 2.05) is 6.07 Å². The quantitative estimate of drug-likeness (QED) is 0.740. The molecule has 0 spiro atoms. The van der Waals surface area contributed by atoms with Crippen molar-refractivity contribution >= 4 is 0 Å². The minimum absolute atomic E-state index is 0.239. The van der Waals surface area contributed by atoms with E-state index in [4.69, 9.17) is 0 Å². The number of benzene rings is 1. The molecule has 0 aromatic heterocycles. The van der Waals surface area contributed by atoms with Crippen molar-refractivity contribution in [1.82, 2.24) is 5.32 Å². The minimum Gasteiger partial charge on any atom is -0.388 e. The molecule has 0 amide bonds. The molecule has 0 radical (unpaired) electrons. The number of halogens is 1. The second-order valence-corrected chi connectivity index (χ2v) is 3.96. The number of hydrogen-bond acceptors (Lipinski definition) is 2. The summed E-state index contributed by atoms with van der Waals surface area (Å²) < 4.78 is 12.9. The molecule has 76 valence electrons. The summed E-state index contributed by atoms with van der Waals surface area (Å²) in [6.45, 7) is 1.44. The summed E-state index contributed by atoms with van der Waals surface area (Å²) in [5, 5.41) is 13.2. The van der Waals surface area contributed by atoms with Crippen LogP contribution in [0.1, 0.15) is 12.0 Å². The van der Waals surface area contributed by atoms with Crippen molar-refractivity contribution in [3.8, 4) is 0 Å². The first-order chi connectivity index (χ1) is 6.68. The Labute approximate surface area is 82.8 Å². The van der Waals surface area contributed by atoms with Gasteiger partial charge in [-0.25, -0.2) is 4.39 Å². The fourth-order valence-corrected chi connectivity index (χ4v) is 1.91. The Morgan fingerprint density at radius 1 is 1.50 bits per heavy atom. The van der Waals surface area contributed by atoms with Crippen LogP contribution in [0.4, 0.5) is 4.39 Å². The molecule has 1 saturated heterocycles. The Hall–Kier alpha value is -0.930. The van der Waals surface area contributed by atoms with E-state index < -0.39 is 5.60 Å². The van der Waals surface area contributed by atoms with Crippen LogP contribution in [0.3, 0.4) is 0 Å². The van der Waals surface area contributed by atoms with Crippen molar-refractivity contribution in [1.29, 1.82) is 0 Å². The maximum absolute atomic E-state index is 12.9. The highest BCUT2D eigenvalue weighted by molar-refractivity contribution is 5.19. The van der Waals surface area contributed by atoms with Crippen molar-refractivity contribution in [3.05, 3.63) is 35.6 Å². The first-order valence-corrected chi connectivity index (χ1v) is 4.86. The van der Waals surface area contributed by atoms with Crippen molar-refractivity contribution in [2.75, 3.05) is 13.1 Å². The Bertz CT molecular complexity index is 321. The Morgan fingerprint density at radius 2 is 2.36 bits per heavy atom. The molecule has 0 saturated carbocycles. The predicted octanol–water partition coefficient (Wildman–Crippen LogP) is 1.09. The Morgan fingerprint density at radius 3 is 3.00 bits per heavy atom. The van der Waals surface area contributed by atoms with E-state index in [0.717, 1.165) is 18.5 Å². The monoisotopic (exact) mass is 195 g/mol. The van der Waals surface area contributed by atoms with Crippen LogP contribution in [0.25, 0.3) is 0 Å². The van der Waals surface area contributed by atoms with E-state index in [0.29, 0.717) is 13.0 Å². The van der Waals surface area contributed by atoms with Crippen LogP contribution >= 0.6 is 0 Å². The van der Waals surface area contributed by atoms with E-state index in [1.54, 1.807) is 6.07 Å². The van der Waals surface area contributed by atoms with Gasteiger partial charge in [0, 0.05) is 13.0 Å². The Balaban J connectivity index is 2.10. The third kappa shape index (κ3) is 2.11. The van der Waals surface area contributed by atoms with Crippen LogP contribution in [-0.4, -0.2) is 23.8 Å². The van der Waals surface area contributed by atoms with Gasteiger partial charge in [-0.1, -0.05) is 12.1 Å². The number of nitrogens with one attached hydrogen (secondary N) is 1. The summed E-state index contributed by atoms with van der Waals surface area (Å²) in [5.74, 6) is -0.239. The van der Waals surface area contributed by atoms with Gasteiger partial charge in [-0.3, -0.25) is 0 Å². The normalized spacial score (nSPS) is 26.7. The second kappa shape index (κ2) is 3.67. The molecule has 2 N–H and O–H groups in total. The summed E-state index contributed by atoms with van der Waals surface area (Å²) in [4.78, 5) is 0. The lowest BCUT2D eigenvalue weighted by Gasteiger charge is -2.20. The van der Waals surface area contributed by atoms with Crippen LogP contribution in [0.5, 0.6) is 0 Å². The highest BCUT2D eigenvalue weighted by Crippen LogP contribution is 2.20. The summed E-state index contributed by atoms with van der Waals surface area (Å²) in [6, 6.07) is 6.42. The van der Waals surface area contributed by atoms with Gasteiger partial charge in [0.15, 0.2) is 0 Å². The molecule has 1 aromatic carbocycles. The highest BCUT2D eigenvalue weighted by atomic mass is 19.1. The van der Waals surface area contributed by atoms with Gasteiger partial charge in [-0.05, 0) is 30.7 Å². The van der Waals surface area contributed by atoms with Crippen molar-refractivity contribution in [2.45, 2.75) is 18.4 Å². The zero-order valence-corrected chi connectivity index (χ0v) is 7.96. The van der Waals surface area contributed by atoms with E-state index >= 15 is 0 Å². The first kappa shape index (κ1) is 9.62. The third-order valence-corrected chi connectivity index (χ3v) is 2.64. The summed E-state index contributed by atoms with van der Waals surface area (Å²) >= 11 is 0. The molecule has 14 heavy (non-hydrogen) atoms.